The van der Waals surface area contributed by atoms with Gasteiger partial charge >= 0.3 is 0 Å². The first-order chi connectivity index (χ1) is 13.2. The average Bonchev–Trinajstić information content (AvgIpc) is 2.72. The molecule has 0 amide bonds. The van der Waals surface area contributed by atoms with Gasteiger partial charge in [-0.25, -0.2) is 0 Å². The summed E-state index contributed by atoms with van der Waals surface area (Å²) >= 11 is 0. The van der Waals surface area contributed by atoms with Gasteiger partial charge < -0.3 is 0 Å². The van der Waals surface area contributed by atoms with E-state index in [1.807, 2.05) is 0 Å². The summed E-state index contributed by atoms with van der Waals surface area (Å²) in [6.07, 6.45) is 12.8. The van der Waals surface area contributed by atoms with Gasteiger partial charge in [0.25, 0.3) is 0 Å². The molecule has 0 spiro atoms. The summed E-state index contributed by atoms with van der Waals surface area (Å²) in [6.45, 7) is 6.81. The molecule has 146 valence electrons. The number of rotatable bonds is 8. The fourth-order valence-electron chi connectivity index (χ4n) is 4.65. The van der Waals surface area contributed by atoms with Crippen molar-refractivity contribution in [2.24, 2.45) is 5.92 Å². The number of benzene rings is 2. The zero-order valence-electron chi connectivity index (χ0n) is 17.7. The molecule has 0 atom stereocenters. The highest BCUT2D eigenvalue weighted by atomic mass is 14.3. The van der Waals surface area contributed by atoms with Gasteiger partial charge in [-0.15, -0.1) is 0 Å². The Morgan fingerprint density at radius 3 is 1.89 bits per heavy atom. The van der Waals surface area contributed by atoms with Crippen LogP contribution in [-0.2, 0) is 0 Å². The normalized spacial score (nSPS) is 20.1. The van der Waals surface area contributed by atoms with E-state index in [1.165, 1.54) is 74.5 Å². The van der Waals surface area contributed by atoms with E-state index < -0.39 is 0 Å². The van der Waals surface area contributed by atoms with Gasteiger partial charge in [-0.05, 0) is 65.7 Å². The molecule has 0 radical (unpaired) electrons. The second-order valence-corrected chi connectivity index (χ2v) is 8.97. The zero-order chi connectivity index (χ0) is 19.1. The molecule has 0 saturated heterocycles. The fraction of sp³-hybridized carbons (Fsp3) is 0.556. The molecule has 0 unspecified atom stereocenters. The van der Waals surface area contributed by atoms with Crippen molar-refractivity contribution in [3.8, 4) is 11.1 Å². The van der Waals surface area contributed by atoms with Crippen LogP contribution in [0.15, 0.2) is 48.5 Å². The maximum atomic E-state index is 2.39. The summed E-state index contributed by atoms with van der Waals surface area (Å²) in [4.78, 5) is 0. The molecule has 0 heteroatoms. The van der Waals surface area contributed by atoms with Crippen LogP contribution < -0.4 is 0 Å². The molecule has 1 aliphatic rings. The Morgan fingerprint density at radius 2 is 1.33 bits per heavy atom. The molecular weight excluding hydrogens is 324 g/mol. The predicted octanol–water partition coefficient (Wildman–Crippen LogP) is 8.72. The third kappa shape index (κ3) is 5.71. The Labute approximate surface area is 167 Å². The molecule has 0 aromatic heterocycles. The summed E-state index contributed by atoms with van der Waals surface area (Å²) in [5, 5.41) is 0. The van der Waals surface area contributed by atoms with Crippen LogP contribution in [0, 0.1) is 5.92 Å². The van der Waals surface area contributed by atoms with Gasteiger partial charge in [0, 0.05) is 0 Å². The summed E-state index contributed by atoms with van der Waals surface area (Å²) in [5.74, 6) is 2.38. The molecule has 1 saturated carbocycles. The van der Waals surface area contributed by atoms with Crippen molar-refractivity contribution in [1.82, 2.24) is 0 Å². The van der Waals surface area contributed by atoms with Crippen molar-refractivity contribution in [3.05, 3.63) is 59.7 Å². The summed E-state index contributed by atoms with van der Waals surface area (Å²) in [5.41, 5.74) is 5.66. The quantitative estimate of drug-likeness (QED) is 0.412. The van der Waals surface area contributed by atoms with Gasteiger partial charge in [0.05, 0.1) is 0 Å². The number of hydrogen-bond acceptors (Lipinski definition) is 0. The maximum Gasteiger partial charge on any atom is -0.0162 e. The number of unbranched alkanes of at least 4 members (excludes halogenated alkanes) is 3. The van der Waals surface area contributed by atoms with Gasteiger partial charge in [0.15, 0.2) is 0 Å². The Bertz CT molecular complexity index is 654. The third-order valence-electron chi connectivity index (χ3n) is 6.61. The van der Waals surface area contributed by atoms with E-state index in [0.29, 0.717) is 5.92 Å². The van der Waals surface area contributed by atoms with Crippen molar-refractivity contribution < 1.29 is 0 Å². The average molecular weight is 363 g/mol. The lowest BCUT2D eigenvalue weighted by atomic mass is 9.77. The highest BCUT2D eigenvalue weighted by Crippen LogP contribution is 2.38. The summed E-state index contributed by atoms with van der Waals surface area (Å²) < 4.78 is 0. The predicted molar refractivity (Wildman–Crippen MR) is 119 cm³/mol. The molecule has 2 aromatic rings. The first kappa shape index (κ1) is 20.2. The van der Waals surface area contributed by atoms with Gasteiger partial charge in [0.1, 0.15) is 0 Å². The van der Waals surface area contributed by atoms with Crippen LogP contribution in [0.3, 0.4) is 0 Å². The molecule has 0 heterocycles. The van der Waals surface area contributed by atoms with Gasteiger partial charge in [-0.3, -0.25) is 0 Å². The molecule has 0 aliphatic heterocycles. The zero-order valence-corrected chi connectivity index (χ0v) is 17.7. The van der Waals surface area contributed by atoms with Crippen LogP contribution in [0.1, 0.15) is 102 Å². The lowest BCUT2D eigenvalue weighted by molar-refractivity contribution is 0.302. The molecule has 27 heavy (non-hydrogen) atoms. The van der Waals surface area contributed by atoms with E-state index in [9.17, 15) is 0 Å². The fourth-order valence-corrected chi connectivity index (χ4v) is 4.65. The minimum absolute atomic E-state index is 0.600. The maximum absolute atomic E-state index is 2.39. The van der Waals surface area contributed by atoms with E-state index in [4.69, 9.17) is 0 Å². The molecule has 3 rings (SSSR count). The molecule has 1 aliphatic carbocycles. The first-order valence-corrected chi connectivity index (χ1v) is 11.4. The van der Waals surface area contributed by atoms with Crippen molar-refractivity contribution in [3.63, 3.8) is 0 Å². The summed E-state index contributed by atoms with van der Waals surface area (Å²) in [6, 6.07) is 18.5. The molecule has 0 nitrogen and oxygen atoms in total. The van der Waals surface area contributed by atoms with Crippen molar-refractivity contribution in [1.29, 1.82) is 0 Å². The van der Waals surface area contributed by atoms with E-state index in [2.05, 4.69) is 69.3 Å². The van der Waals surface area contributed by atoms with Crippen molar-refractivity contribution in [2.75, 3.05) is 0 Å². The largest absolute Gasteiger partial charge is 0.0654 e. The van der Waals surface area contributed by atoms with E-state index >= 15 is 0 Å². The SMILES string of the molecule is CCCCCCC1CCC(c2ccc(-c3ccc(C(C)C)cc3)cc2)CC1. The van der Waals surface area contributed by atoms with E-state index in [1.54, 1.807) is 5.56 Å². The van der Waals surface area contributed by atoms with Crippen LogP contribution in [0.5, 0.6) is 0 Å². The third-order valence-corrected chi connectivity index (χ3v) is 6.61. The van der Waals surface area contributed by atoms with Crippen LogP contribution in [0.4, 0.5) is 0 Å². The molecule has 2 aromatic carbocycles. The van der Waals surface area contributed by atoms with Crippen molar-refractivity contribution in [2.45, 2.75) is 90.4 Å². The van der Waals surface area contributed by atoms with E-state index in [0.717, 1.165) is 11.8 Å². The van der Waals surface area contributed by atoms with E-state index in [-0.39, 0.29) is 0 Å². The highest BCUT2D eigenvalue weighted by Gasteiger charge is 2.22. The summed E-state index contributed by atoms with van der Waals surface area (Å²) in [7, 11) is 0. The molecule has 1 fully saturated rings. The Morgan fingerprint density at radius 1 is 0.741 bits per heavy atom. The van der Waals surface area contributed by atoms with Gasteiger partial charge in [-0.1, -0.05) is 101 Å². The Balaban J connectivity index is 1.52. The van der Waals surface area contributed by atoms with Gasteiger partial charge in [-0.2, -0.15) is 0 Å². The molecule has 0 bridgehead atoms. The van der Waals surface area contributed by atoms with Crippen LogP contribution >= 0.6 is 0 Å². The molecule has 0 N–H and O–H groups in total. The first-order valence-electron chi connectivity index (χ1n) is 11.4. The highest BCUT2D eigenvalue weighted by molar-refractivity contribution is 5.64. The lowest BCUT2D eigenvalue weighted by Crippen LogP contribution is -2.13. The van der Waals surface area contributed by atoms with Crippen LogP contribution in [0.25, 0.3) is 11.1 Å². The topological polar surface area (TPSA) is 0 Å². The van der Waals surface area contributed by atoms with Gasteiger partial charge in [0.2, 0.25) is 0 Å². The Hall–Kier alpha value is -1.56. The minimum atomic E-state index is 0.600. The standard InChI is InChI=1S/C27H38/c1-4-5-6-7-8-22-9-11-24(12-10-22)26-17-19-27(20-18-26)25-15-13-23(14-16-25)21(2)3/h13-22,24H,4-12H2,1-3H3. The van der Waals surface area contributed by atoms with Crippen molar-refractivity contribution >= 4 is 0 Å². The smallest absolute Gasteiger partial charge is 0.0162 e. The monoisotopic (exact) mass is 362 g/mol. The van der Waals surface area contributed by atoms with Crippen LogP contribution in [-0.4, -0.2) is 0 Å². The minimum Gasteiger partial charge on any atom is -0.0654 e. The second-order valence-electron chi connectivity index (χ2n) is 8.97. The number of hydrogen-bond donors (Lipinski definition) is 0. The second kappa shape index (κ2) is 10.1. The Kier molecular flexibility index (Phi) is 7.56. The lowest BCUT2D eigenvalue weighted by Gasteiger charge is -2.29. The van der Waals surface area contributed by atoms with Crippen LogP contribution in [0.2, 0.25) is 0 Å². The molecular formula is C27H38.